The normalized spacial score (nSPS) is 25.0. The molecule has 1 rings (SSSR count). The van der Waals surface area contributed by atoms with Gasteiger partial charge in [0.2, 0.25) is 5.91 Å². The van der Waals surface area contributed by atoms with E-state index in [4.69, 9.17) is 23.7 Å². The molecule has 0 saturated carbocycles. The van der Waals surface area contributed by atoms with Crippen LogP contribution in [-0.2, 0) is 52.5 Å². The molecule has 1 saturated heterocycles. The maximum absolute atomic E-state index is 12.3. The predicted molar refractivity (Wildman–Crippen MR) is 103 cm³/mol. The quantitative estimate of drug-likeness (QED) is 0.287. The first kappa shape index (κ1) is 26.4. The summed E-state index contributed by atoms with van der Waals surface area (Å²) < 4.78 is 26.3. The molecule has 1 N–H and O–H groups in total. The number of ether oxygens (including phenoxy) is 5. The van der Waals surface area contributed by atoms with Gasteiger partial charge in [0.15, 0.2) is 11.2 Å². The van der Waals surface area contributed by atoms with Gasteiger partial charge in [-0.25, -0.2) is 0 Å². The van der Waals surface area contributed by atoms with Gasteiger partial charge >= 0.3 is 29.8 Å². The minimum absolute atomic E-state index is 0.304. The Morgan fingerprint density at radius 1 is 0.935 bits per heavy atom. The van der Waals surface area contributed by atoms with Crippen molar-refractivity contribution in [1.29, 1.82) is 0 Å². The predicted octanol–water partition coefficient (Wildman–Crippen LogP) is -0.185. The van der Waals surface area contributed by atoms with Gasteiger partial charge in [-0.05, 0) is 0 Å². The number of amides is 1. The molecule has 31 heavy (non-hydrogen) atoms. The smallest absolute Gasteiger partial charge is 0.306 e. The van der Waals surface area contributed by atoms with E-state index in [0.29, 0.717) is 11.8 Å². The first-order chi connectivity index (χ1) is 14.3. The van der Waals surface area contributed by atoms with E-state index in [-0.39, 0.29) is 10.9 Å². The van der Waals surface area contributed by atoms with Crippen LogP contribution < -0.4 is 5.32 Å². The van der Waals surface area contributed by atoms with E-state index in [0.717, 1.165) is 27.7 Å². The van der Waals surface area contributed by atoms with Crippen molar-refractivity contribution in [2.45, 2.75) is 65.3 Å². The number of carbonyl (C=O) groups excluding carboxylic acids is 6. The summed E-state index contributed by atoms with van der Waals surface area (Å²) in [6, 6.07) is 0. The Balaban J connectivity index is 3.30. The molecule has 1 heterocycles. The fraction of sp³-hybridized carbons (Fsp3) is 0.667. The van der Waals surface area contributed by atoms with Crippen LogP contribution in [0.15, 0.2) is 0 Å². The molecule has 0 aromatic rings. The fourth-order valence-electron chi connectivity index (χ4n) is 2.79. The molecule has 0 unspecified atom stereocenters. The number of carbonyl (C=O) groups is 6. The van der Waals surface area contributed by atoms with Gasteiger partial charge in [-0.2, -0.15) is 0 Å². The van der Waals surface area contributed by atoms with Crippen molar-refractivity contribution in [1.82, 2.24) is 5.32 Å². The fourth-order valence-corrected chi connectivity index (χ4v) is 3.20. The lowest BCUT2D eigenvalue weighted by Crippen LogP contribution is -2.66. The molecule has 12 nitrogen and oxygen atoms in total. The van der Waals surface area contributed by atoms with Crippen molar-refractivity contribution >= 4 is 46.7 Å². The molecule has 174 valence electrons. The maximum Gasteiger partial charge on any atom is 0.306 e. The van der Waals surface area contributed by atoms with Crippen molar-refractivity contribution in [3.05, 3.63) is 0 Å². The van der Waals surface area contributed by atoms with E-state index in [1.807, 2.05) is 0 Å². The highest BCUT2D eigenvalue weighted by molar-refractivity contribution is 8.14. The average molecular weight is 463 g/mol. The number of thioether (sulfide) groups is 1. The molecule has 0 aromatic heterocycles. The van der Waals surface area contributed by atoms with Crippen LogP contribution in [0.2, 0.25) is 0 Å². The third-order valence-electron chi connectivity index (χ3n) is 3.66. The summed E-state index contributed by atoms with van der Waals surface area (Å²) in [6.07, 6.45) is -4.16. The van der Waals surface area contributed by atoms with Crippen molar-refractivity contribution < 1.29 is 52.5 Å². The van der Waals surface area contributed by atoms with Crippen LogP contribution >= 0.6 is 11.8 Å². The van der Waals surface area contributed by atoms with Crippen LogP contribution in [0, 0.1) is 0 Å². The molecular formula is C18H25NO11S. The standard InChI is InChI=1S/C18H25NO11S/c1-9(20)26-7-15-17(28-11(3)22)14(27-10(2)21)6-18(30-15,29-12(4)23)19-16(25)8-31-13(5)24/h14-15,17H,6-8H2,1-5H3,(H,19,25)/t14-,15-,17+,18-/m1/s1. The SMILES string of the molecule is CC(=O)OC[C@H]1O[C@](NC(=O)CSC(C)=O)(OC(C)=O)C[C@@H](OC(C)=O)[C@@H]1OC(C)=O. The summed E-state index contributed by atoms with van der Waals surface area (Å²) in [5.41, 5.74) is 0. The third kappa shape index (κ3) is 9.34. The first-order valence-corrected chi connectivity index (χ1v) is 10.1. The van der Waals surface area contributed by atoms with Gasteiger partial charge in [-0.3, -0.25) is 34.1 Å². The van der Waals surface area contributed by atoms with Crippen LogP contribution in [-0.4, -0.2) is 71.5 Å². The van der Waals surface area contributed by atoms with Gasteiger partial charge < -0.3 is 23.7 Å². The lowest BCUT2D eigenvalue weighted by molar-refractivity contribution is -0.322. The second-order valence-electron chi connectivity index (χ2n) is 6.56. The highest BCUT2D eigenvalue weighted by atomic mass is 32.2. The molecule has 13 heteroatoms. The van der Waals surface area contributed by atoms with Crippen LogP contribution in [0.4, 0.5) is 0 Å². The van der Waals surface area contributed by atoms with Crippen LogP contribution in [0.5, 0.6) is 0 Å². The van der Waals surface area contributed by atoms with E-state index in [1.165, 1.54) is 6.92 Å². The second-order valence-corrected chi connectivity index (χ2v) is 7.71. The molecule has 0 radical (unpaired) electrons. The summed E-state index contributed by atoms with van der Waals surface area (Å²) in [5.74, 6) is -6.17. The lowest BCUT2D eigenvalue weighted by Gasteiger charge is -2.45. The molecule has 0 spiro atoms. The second kappa shape index (κ2) is 11.6. The Morgan fingerprint density at radius 3 is 2.03 bits per heavy atom. The van der Waals surface area contributed by atoms with Gasteiger partial charge in [0.1, 0.15) is 18.8 Å². The molecule has 1 amide bonds. The largest absolute Gasteiger partial charge is 0.463 e. The number of hydrogen-bond donors (Lipinski definition) is 1. The van der Waals surface area contributed by atoms with Gasteiger partial charge in [0.05, 0.1) is 12.2 Å². The Hall–Kier alpha value is -2.67. The van der Waals surface area contributed by atoms with Gasteiger partial charge in [0, 0.05) is 34.6 Å². The average Bonchev–Trinajstić information content (AvgIpc) is 2.59. The van der Waals surface area contributed by atoms with Crippen LogP contribution in [0.25, 0.3) is 0 Å². The Kier molecular flexibility index (Phi) is 9.91. The van der Waals surface area contributed by atoms with Crippen molar-refractivity contribution in [3.63, 3.8) is 0 Å². The van der Waals surface area contributed by atoms with Crippen molar-refractivity contribution in [3.8, 4) is 0 Å². The summed E-state index contributed by atoms with van der Waals surface area (Å²) in [7, 11) is 0. The number of esters is 4. The molecule has 0 aromatic carbocycles. The molecule has 0 aliphatic carbocycles. The molecule has 1 aliphatic rings. The van der Waals surface area contributed by atoms with Crippen molar-refractivity contribution in [2.75, 3.05) is 12.4 Å². The van der Waals surface area contributed by atoms with E-state index in [1.54, 1.807) is 0 Å². The zero-order valence-corrected chi connectivity index (χ0v) is 18.6. The van der Waals surface area contributed by atoms with E-state index in [2.05, 4.69) is 5.32 Å². The van der Waals surface area contributed by atoms with E-state index in [9.17, 15) is 28.8 Å². The monoisotopic (exact) mass is 463 g/mol. The topological polar surface area (TPSA) is 161 Å². The number of hydrogen-bond acceptors (Lipinski definition) is 12. The number of nitrogens with one attached hydrogen (secondary N) is 1. The highest BCUT2D eigenvalue weighted by Gasteiger charge is 2.54. The van der Waals surface area contributed by atoms with Crippen LogP contribution in [0.3, 0.4) is 0 Å². The summed E-state index contributed by atoms with van der Waals surface area (Å²) in [4.78, 5) is 69.7. The zero-order chi connectivity index (χ0) is 23.8. The maximum atomic E-state index is 12.3. The number of rotatable bonds is 8. The Labute approximate surface area is 182 Å². The minimum atomic E-state index is -2.14. The molecule has 1 aliphatic heterocycles. The Morgan fingerprint density at radius 2 is 1.55 bits per heavy atom. The van der Waals surface area contributed by atoms with Gasteiger partial charge in [-0.15, -0.1) is 0 Å². The first-order valence-electron chi connectivity index (χ1n) is 9.13. The molecule has 4 atom stereocenters. The third-order valence-corrected chi connectivity index (χ3v) is 4.47. The van der Waals surface area contributed by atoms with Crippen molar-refractivity contribution in [2.24, 2.45) is 0 Å². The van der Waals surface area contributed by atoms with Gasteiger partial charge in [-0.1, -0.05) is 11.8 Å². The minimum Gasteiger partial charge on any atom is -0.463 e. The summed E-state index contributed by atoms with van der Waals surface area (Å²) in [5, 5.41) is 2.05. The van der Waals surface area contributed by atoms with Gasteiger partial charge in [0.25, 0.3) is 0 Å². The molecular weight excluding hydrogens is 438 g/mol. The lowest BCUT2D eigenvalue weighted by atomic mass is 9.98. The van der Waals surface area contributed by atoms with E-state index < -0.39 is 67.0 Å². The Bertz CT molecular complexity index is 740. The summed E-state index contributed by atoms with van der Waals surface area (Å²) >= 11 is 0.710. The molecule has 0 bridgehead atoms. The summed E-state index contributed by atoms with van der Waals surface area (Å²) in [6.45, 7) is 5.22. The zero-order valence-electron chi connectivity index (χ0n) is 17.8. The van der Waals surface area contributed by atoms with E-state index >= 15 is 0 Å². The van der Waals surface area contributed by atoms with Crippen LogP contribution in [0.1, 0.15) is 41.0 Å². The highest BCUT2D eigenvalue weighted by Crippen LogP contribution is 2.33. The molecule has 1 fully saturated rings.